The van der Waals surface area contributed by atoms with Crippen LogP contribution in [0.4, 0.5) is 0 Å². The molecule has 1 spiro atoms. The lowest BCUT2D eigenvalue weighted by molar-refractivity contribution is -0.132. The lowest BCUT2D eigenvalue weighted by Gasteiger charge is -2.38. The average Bonchev–Trinajstić information content (AvgIpc) is 3.28. The van der Waals surface area contributed by atoms with Crippen LogP contribution in [-0.2, 0) is 24.9 Å². The van der Waals surface area contributed by atoms with Crippen molar-refractivity contribution in [1.82, 2.24) is 24.3 Å². The molecule has 0 saturated carbocycles. The first-order valence-corrected chi connectivity index (χ1v) is 9.90. The fourth-order valence-electron chi connectivity index (χ4n) is 4.28. The van der Waals surface area contributed by atoms with Crippen LogP contribution in [0.15, 0.2) is 24.2 Å². The van der Waals surface area contributed by atoms with Crippen LogP contribution in [0.5, 0.6) is 0 Å². The summed E-state index contributed by atoms with van der Waals surface area (Å²) in [6, 6.07) is 0. The van der Waals surface area contributed by atoms with Crippen molar-refractivity contribution in [2.75, 3.05) is 13.1 Å². The Bertz CT molecular complexity index is 728. The topological polar surface area (TPSA) is 54.3 Å². The van der Waals surface area contributed by atoms with E-state index in [4.69, 9.17) is 0 Å². The average molecular weight is 359 g/mol. The number of nitrogens with zero attached hydrogens (tertiary/aromatic N) is 5. The number of hydrogen-bond acceptors (Lipinski definition) is 5. The monoisotopic (exact) mass is 359 g/mol. The van der Waals surface area contributed by atoms with Crippen molar-refractivity contribution in [1.29, 1.82) is 0 Å². The van der Waals surface area contributed by atoms with Crippen LogP contribution in [0.2, 0.25) is 0 Å². The molecule has 4 heterocycles. The standard InChI is InChI=1S/C18H25N5OS/c1-21-13-19-9-15(21)11-22-7-2-4-18(6-8-22)5-3-17(24)23(18)12-16-10-20-14-25-16/h9-10,13-14H,2-8,11-12H2,1H3. The summed E-state index contributed by atoms with van der Waals surface area (Å²) >= 11 is 1.64. The van der Waals surface area contributed by atoms with E-state index in [-0.39, 0.29) is 5.54 Å². The first kappa shape index (κ1) is 16.7. The maximum absolute atomic E-state index is 12.6. The molecule has 0 aliphatic carbocycles. The molecule has 2 fully saturated rings. The van der Waals surface area contributed by atoms with Gasteiger partial charge in [-0.3, -0.25) is 14.7 Å². The first-order chi connectivity index (χ1) is 12.2. The number of likely N-dealkylation sites (tertiary alicyclic amines) is 2. The molecule has 2 aromatic rings. The minimum Gasteiger partial charge on any atom is -0.337 e. The van der Waals surface area contributed by atoms with Crippen molar-refractivity contribution in [2.24, 2.45) is 7.05 Å². The molecule has 2 aromatic heterocycles. The molecular weight excluding hydrogens is 334 g/mol. The van der Waals surface area contributed by atoms with Crippen LogP contribution in [0.25, 0.3) is 0 Å². The van der Waals surface area contributed by atoms with Gasteiger partial charge in [0.25, 0.3) is 0 Å². The third kappa shape index (κ3) is 3.35. The van der Waals surface area contributed by atoms with E-state index in [0.29, 0.717) is 12.3 Å². The number of rotatable bonds is 4. The van der Waals surface area contributed by atoms with Gasteiger partial charge in [-0.05, 0) is 32.2 Å². The highest BCUT2D eigenvalue weighted by Crippen LogP contribution is 2.40. The van der Waals surface area contributed by atoms with Gasteiger partial charge in [-0.1, -0.05) is 0 Å². The van der Waals surface area contributed by atoms with Gasteiger partial charge in [0.2, 0.25) is 5.91 Å². The lowest BCUT2D eigenvalue weighted by Crippen LogP contribution is -2.45. The zero-order valence-corrected chi connectivity index (χ0v) is 15.5. The number of thiazole rings is 1. The van der Waals surface area contributed by atoms with Gasteiger partial charge < -0.3 is 9.47 Å². The van der Waals surface area contributed by atoms with Crippen LogP contribution < -0.4 is 0 Å². The summed E-state index contributed by atoms with van der Waals surface area (Å²) < 4.78 is 2.09. The lowest BCUT2D eigenvalue weighted by atomic mass is 9.87. The number of aromatic nitrogens is 3. The Balaban J connectivity index is 1.46. The highest BCUT2D eigenvalue weighted by molar-refractivity contribution is 7.09. The molecule has 134 valence electrons. The van der Waals surface area contributed by atoms with Gasteiger partial charge in [0.15, 0.2) is 0 Å². The molecule has 2 saturated heterocycles. The second kappa shape index (κ2) is 6.88. The minimum absolute atomic E-state index is 0.0439. The normalized spacial score (nSPS) is 25.0. The van der Waals surface area contributed by atoms with E-state index < -0.39 is 0 Å². The summed E-state index contributed by atoms with van der Waals surface area (Å²) in [5.41, 5.74) is 3.15. The Morgan fingerprint density at radius 1 is 1.16 bits per heavy atom. The Morgan fingerprint density at radius 3 is 2.84 bits per heavy atom. The minimum atomic E-state index is 0.0439. The largest absolute Gasteiger partial charge is 0.337 e. The molecule has 0 N–H and O–H groups in total. The van der Waals surface area contributed by atoms with E-state index in [2.05, 4.69) is 24.3 Å². The van der Waals surface area contributed by atoms with Crippen molar-refractivity contribution in [3.63, 3.8) is 0 Å². The maximum Gasteiger partial charge on any atom is 0.223 e. The molecule has 0 aromatic carbocycles. The molecule has 7 heteroatoms. The highest BCUT2D eigenvalue weighted by atomic mass is 32.1. The summed E-state index contributed by atoms with van der Waals surface area (Å²) in [6.07, 6.45) is 10.7. The van der Waals surface area contributed by atoms with E-state index in [1.165, 1.54) is 10.6 Å². The predicted molar refractivity (Wildman–Crippen MR) is 97.0 cm³/mol. The van der Waals surface area contributed by atoms with Crippen LogP contribution in [0, 0.1) is 0 Å². The number of carbonyl (C=O) groups excluding carboxylic acids is 1. The second-order valence-corrected chi connectivity index (χ2v) is 8.27. The second-order valence-electron chi connectivity index (χ2n) is 7.30. The van der Waals surface area contributed by atoms with E-state index in [1.807, 2.05) is 31.3 Å². The molecular formula is C18H25N5OS. The Kier molecular flexibility index (Phi) is 4.60. The van der Waals surface area contributed by atoms with Gasteiger partial charge in [-0.2, -0.15) is 0 Å². The SMILES string of the molecule is Cn1cncc1CN1CCCC2(CCC(=O)N2Cc2cncs2)CC1. The third-order valence-corrected chi connectivity index (χ3v) is 6.55. The molecule has 0 bridgehead atoms. The molecule has 0 radical (unpaired) electrons. The number of hydrogen-bond donors (Lipinski definition) is 0. The van der Waals surface area contributed by atoms with Crippen LogP contribution in [-0.4, -0.2) is 48.9 Å². The summed E-state index contributed by atoms with van der Waals surface area (Å²) in [5, 5.41) is 0. The van der Waals surface area contributed by atoms with Gasteiger partial charge in [-0.25, -0.2) is 4.98 Å². The van der Waals surface area contributed by atoms with E-state index in [9.17, 15) is 4.79 Å². The van der Waals surface area contributed by atoms with Gasteiger partial charge in [0, 0.05) is 49.4 Å². The number of carbonyl (C=O) groups is 1. The Morgan fingerprint density at radius 2 is 2.08 bits per heavy atom. The number of amides is 1. The molecule has 1 amide bonds. The maximum atomic E-state index is 12.6. The summed E-state index contributed by atoms with van der Waals surface area (Å²) in [5.74, 6) is 0.313. The van der Waals surface area contributed by atoms with Crippen LogP contribution in [0.1, 0.15) is 42.7 Å². The highest BCUT2D eigenvalue weighted by Gasteiger charge is 2.45. The van der Waals surface area contributed by atoms with Crippen molar-refractivity contribution in [3.05, 3.63) is 34.8 Å². The molecule has 2 aliphatic heterocycles. The van der Waals surface area contributed by atoms with Gasteiger partial charge in [0.1, 0.15) is 0 Å². The van der Waals surface area contributed by atoms with Crippen molar-refractivity contribution >= 4 is 17.2 Å². The van der Waals surface area contributed by atoms with Gasteiger partial charge in [0.05, 0.1) is 24.1 Å². The molecule has 2 aliphatic rings. The van der Waals surface area contributed by atoms with E-state index in [0.717, 1.165) is 51.9 Å². The zero-order chi connectivity index (χ0) is 17.3. The third-order valence-electron chi connectivity index (χ3n) is 5.79. The predicted octanol–water partition coefficient (Wildman–Crippen LogP) is 2.42. The summed E-state index contributed by atoms with van der Waals surface area (Å²) in [4.78, 5) is 26.8. The molecule has 1 atom stereocenters. The van der Waals surface area contributed by atoms with E-state index >= 15 is 0 Å². The Labute approximate surface area is 152 Å². The van der Waals surface area contributed by atoms with Crippen molar-refractivity contribution in [2.45, 2.75) is 50.7 Å². The van der Waals surface area contributed by atoms with E-state index in [1.54, 1.807) is 11.3 Å². The molecule has 1 unspecified atom stereocenters. The zero-order valence-electron chi connectivity index (χ0n) is 14.7. The first-order valence-electron chi connectivity index (χ1n) is 9.02. The smallest absolute Gasteiger partial charge is 0.223 e. The number of aryl methyl sites for hydroxylation is 1. The quantitative estimate of drug-likeness (QED) is 0.841. The number of imidazole rings is 1. The molecule has 4 rings (SSSR count). The molecule has 6 nitrogen and oxygen atoms in total. The van der Waals surface area contributed by atoms with Crippen molar-refractivity contribution < 1.29 is 4.79 Å². The fraction of sp³-hybridized carbons (Fsp3) is 0.611. The summed E-state index contributed by atoms with van der Waals surface area (Å²) in [7, 11) is 2.05. The summed E-state index contributed by atoms with van der Waals surface area (Å²) in [6.45, 7) is 3.80. The van der Waals surface area contributed by atoms with Crippen LogP contribution in [0.3, 0.4) is 0 Å². The Hall–Kier alpha value is -1.73. The van der Waals surface area contributed by atoms with Crippen molar-refractivity contribution in [3.8, 4) is 0 Å². The van der Waals surface area contributed by atoms with Crippen LogP contribution >= 0.6 is 11.3 Å². The van der Waals surface area contributed by atoms with Gasteiger partial charge in [-0.15, -0.1) is 11.3 Å². The fourth-order valence-corrected chi connectivity index (χ4v) is 4.87. The van der Waals surface area contributed by atoms with Gasteiger partial charge >= 0.3 is 0 Å². The molecule has 25 heavy (non-hydrogen) atoms.